The Hall–Kier alpha value is -1.62. The second kappa shape index (κ2) is 5.14. The van der Waals surface area contributed by atoms with Crippen molar-refractivity contribution in [2.45, 2.75) is 13.5 Å². The number of nitrogens with zero attached hydrogens (tertiary/aromatic N) is 2. The van der Waals surface area contributed by atoms with Gasteiger partial charge in [-0.25, -0.2) is 4.98 Å². The van der Waals surface area contributed by atoms with Crippen molar-refractivity contribution in [3.63, 3.8) is 0 Å². The molecule has 2 N–H and O–H groups in total. The van der Waals surface area contributed by atoms with Crippen LogP contribution in [-0.2, 0) is 6.61 Å². The molecular formula is C12H12BrN3O. The predicted octanol–water partition coefficient (Wildman–Crippen LogP) is 2.71. The number of nitrogens with two attached hydrogens (primary N) is 1. The van der Waals surface area contributed by atoms with E-state index in [1.54, 1.807) is 13.0 Å². The van der Waals surface area contributed by atoms with E-state index in [9.17, 15) is 0 Å². The number of hydrogen-bond acceptors (Lipinski definition) is 4. The summed E-state index contributed by atoms with van der Waals surface area (Å²) in [6, 6.07) is 9.53. The van der Waals surface area contributed by atoms with Crippen LogP contribution in [0.15, 0.2) is 34.8 Å². The van der Waals surface area contributed by atoms with Crippen molar-refractivity contribution in [1.29, 1.82) is 0 Å². The lowest BCUT2D eigenvalue weighted by atomic mass is 10.2. The van der Waals surface area contributed by atoms with Gasteiger partial charge in [-0.3, -0.25) is 0 Å². The minimum atomic E-state index is 0.420. The first kappa shape index (κ1) is 11.9. The smallest absolute Gasteiger partial charge is 0.219 e. The Kier molecular flexibility index (Phi) is 3.58. The topological polar surface area (TPSA) is 61.0 Å². The highest BCUT2D eigenvalue weighted by molar-refractivity contribution is 9.10. The molecule has 0 saturated heterocycles. The molecule has 0 spiro atoms. The lowest BCUT2D eigenvalue weighted by Crippen LogP contribution is -2.01. The summed E-state index contributed by atoms with van der Waals surface area (Å²) in [5.41, 5.74) is 6.68. The highest BCUT2D eigenvalue weighted by atomic mass is 79.9. The molecule has 0 aliphatic heterocycles. The third kappa shape index (κ3) is 3.42. The maximum atomic E-state index is 5.61. The maximum Gasteiger partial charge on any atom is 0.219 e. The number of nitrogen functional groups attached to an aromatic ring is 1. The van der Waals surface area contributed by atoms with Gasteiger partial charge in [-0.1, -0.05) is 28.1 Å². The lowest BCUT2D eigenvalue weighted by molar-refractivity contribution is 0.293. The van der Waals surface area contributed by atoms with Crippen LogP contribution in [0.5, 0.6) is 5.88 Å². The number of benzene rings is 1. The Bertz CT molecular complexity index is 493. The molecular weight excluding hydrogens is 282 g/mol. The summed E-state index contributed by atoms with van der Waals surface area (Å²) in [6.07, 6.45) is 0. The number of halogens is 1. The molecule has 0 saturated carbocycles. The molecule has 1 aromatic carbocycles. The molecule has 2 rings (SSSR count). The van der Waals surface area contributed by atoms with Gasteiger partial charge in [-0.15, -0.1) is 0 Å². The highest BCUT2D eigenvalue weighted by Gasteiger charge is 2.01. The van der Waals surface area contributed by atoms with Crippen LogP contribution in [0.4, 0.5) is 5.82 Å². The third-order valence-electron chi connectivity index (χ3n) is 2.13. The van der Waals surface area contributed by atoms with Gasteiger partial charge in [-0.2, -0.15) is 4.98 Å². The van der Waals surface area contributed by atoms with Gasteiger partial charge in [-0.05, 0) is 24.6 Å². The molecule has 0 fully saturated rings. The van der Waals surface area contributed by atoms with Gasteiger partial charge < -0.3 is 10.5 Å². The van der Waals surface area contributed by atoms with Crippen molar-refractivity contribution >= 4 is 21.7 Å². The summed E-state index contributed by atoms with van der Waals surface area (Å²) in [5.74, 6) is 1.53. The zero-order valence-electron chi connectivity index (χ0n) is 9.35. The minimum Gasteiger partial charge on any atom is -0.473 e. The van der Waals surface area contributed by atoms with Crippen LogP contribution in [0.1, 0.15) is 11.4 Å². The zero-order valence-corrected chi connectivity index (χ0v) is 10.9. The standard InChI is InChI=1S/C12H12BrN3O/c1-8-15-11(14)6-12(16-8)17-7-9-2-4-10(13)5-3-9/h2-6H,7H2,1H3,(H2,14,15,16). The molecule has 17 heavy (non-hydrogen) atoms. The number of aryl methyl sites for hydroxylation is 1. The number of hydrogen-bond donors (Lipinski definition) is 1. The van der Waals surface area contributed by atoms with Crippen LogP contribution in [0, 0.1) is 6.92 Å². The molecule has 0 bridgehead atoms. The Morgan fingerprint density at radius 1 is 1.24 bits per heavy atom. The van der Waals surface area contributed by atoms with E-state index in [1.165, 1.54) is 0 Å². The van der Waals surface area contributed by atoms with Gasteiger partial charge >= 0.3 is 0 Å². The number of aromatic nitrogens is 2. The normalized spacial score (nSPS) is 10.2. The highest BCUT2D eigenvalue weighted by Crippen LogP contribution is 2.14. The predicted molar refractivity (Wildman–Crippen MR) is 69.7 cm³/mol. The summed E-state index contributed by atoms with van der Waals surface area (Å²) in [5, 5.41) is 0. The fraction of sp³-hybridized carbons (Fsp3) is 0.167. The summed E-state index contributed by atoms with van der Waals surface area (Å²) in [7, 11) is 0. The van der Waals surface area contributed by atoms with Crippen molar-refractivity contribution in [3.8, 4) is 5.88 Å². The van der Waals surface area contributed by atoms with Crippen LogP contribution in [0.25, 0.3) is 0 Å². The molecule has 0 aliphatic carbocycles. The molecule has 2 aromatic rings. The van der Waals surface area contributed by atoms with Gasteiger partial charge in [0.25, 0.3) is 0 Å². The second-order valence-electron chi connectivity index (χ2n) is 3.59. The van der Waals surface area contributed by atoms with E-state index < -0.39 is 0 Å². The summed E-state index contributed by atoms with van der Waals surface area (Å²) < 4.78 is 6.59. The van der Waals surface area contributed by atoms with Crippen LogP contribution in [0.2, 0.25) is 0 Å². The van der Waals surface area contributed by atoms with E-state index in [-0.39, 0.29) is 0 Å². The molecule has 0 radical (unpaired) electrons. The van der Waals surface area contributed by atoms with E-state index >= 15 is 0 Å². The number of ether oxygens (including phenoxy) is 1. The zero-order chi connectivity index (χ0) is 12.3. The van der Waals surface area contributed by atoms with Crippen LogP contribution in [-0.4, -0.2) is 9.97 Å². The lowest BCUT2D eigenvalue weighted by Gasteiger charge is -2.06. The average molecular weight is 294 g/mol. The molecule has 5 heteroatoms. The van der Waals surface area contributed by atoms with Crippen molar-refractivity contribution in [2.24, 2.45) is 0 Å². The molecule has 0 atom stereocenters. The van der Waals surface area contributed by atoms with E-state index in [2.05, 4.69) is 25.9 Å². The van der Waals surface area contributed by atoms with Crippen molar-refractivity contribution < 1.29 is 4.74 Å². The molecule has 1 heterocycles. The quantitative estimate of drug-likeness (QED) is 0.945. The Morgan fingerprint density at radius 2 is 1.94 bits per heavy atom. The van der Waals surface area contributed by atoms with Gasteiger partial charge in [0.1, 0.15) is 18.2 Å². The molecule has 88 valence electrons. The van der Waals surface area contributed by atoms with Crippen molar-refractivity contribution in [3.05, 3.63) is 46.2 Å². The summed E-state index contributed by atoms with van der Waals surface area (Å²) in [6.45, 7) is 2.24. The first-order valence-electron chi connectivity index (χ1n) is 5.12. The second-order valence-corrected chi connectivity index (χ2v) is 4.51. The summed E-state index contributed by atoms with van der Waals surface area (Å²) in [4.78, 5) is 8.13. The average Bonchev–Trinajstić information content (AvgIpc) is 2.27. The van der Waals surface area contributed by atoms with Crippen LogP contribution in [0.3, 0.4) is 0 Å². The van der Waals surface area contributed by atoms with Crippen molar-refractivity contribution in [2.75, 3.05) is 5.73 Å². The molecule has 0 unspecified atom stereocenters. The molecule has 0 aliphatic rings. The fourth-order valence-electron chi connectivity index (χ4n) is 1.37. The van der Waals surface area contributed by atoms with Crippen LogP contribution >= 0.6 is 15.9 Å². The SMILES string of the molecule is Cc1nc(N)cc(OCc2ccc(Br)cc2)n1. The Balaban J connectivity index is 2.04. The van der Waals surface area contributed by atoms with Gasteiger partial charge in [0.05, 0.1) is 0 Å². The maximum absolute atomic E-state index is 5.61. The molecule has 1 aromatic heterocycles. The van der Waals surface area contributed by atoms with Gasteiger partial charge in [0, 0.05) is 10.5 Å². The first-order valence-corrected chi connectivity index (χ1v) is 5.91. The number of rotatable bonds is 3. The largest absolute Gasteiger partial charge is 0.473 e. The monoisotopic (exact) mass is 293 g/mol. The van der Waals surface area contributed by atoms with E-state index in [1.807, 2.05) is 24.3 Å². The number of anilines is 1. The molecule has 0 amide bonds. The third-order valence-corrected chi connectivity index (χ3v) is 2.66. The Morgan fingerprint density at radius 3 is 2.59 bits per heavy atom. The molecule has 4 nitrogen and oxygen atoms in total. The van der Waals surface area contributed by atoms with E-state index in [4.69, 9.17) is 10.5 Å². The minimum absolute atomic E-state index is 0.420. The fourth-order valence-corrected chi connectivity index (χ4v) is 1.64. The van der Waals surface area contributed by atoms with Gasteiger partial charge in [0.15, 0.2) is 0 Å². The first-order chi connectivity index (χ1) is 8.13. The summed E-state index contributed by atoms with van der Waals surface area (Å²) >= 11 is 3.38. The van der Waals surface area contributed by atoms with E-state index in [0.717, 1.165) is 10.0 Å². The van der Waals surface area contributed by atoms with E-state index in [0.29, 0.717) is 24.1 Å². The van der Waals surface area contributed by atoms with Crippen molar-refractivity contribution in [1.82, 2.24) is 9.97 Å². The van der Waals surface area contributed by atoms with Crippen LogP contribution < -0.4 is 10.5 Å². The Labute approximate surface area is 108 Å². The van der Waals surface area contributed by atoms with Gasteiger partial charge in [0.2, 0.25) is 5.88 Å².